The van der Waals surface area contributed by atoms with Crippen LogP contribution in [0.3, 0.4) is 0 Å². The molecule has 8 heteroatoms. The molecule has 1 aromatic carbocycles. The first-order valence-corrected chi connectivity index (χ1v) is 8.72. The molecule has 3 aromatic rings. The number of nitrogens with one attached hydrogen (secondary N) is 1. The zero-order valence-corrected chi connectivity index (χ0v) is 14.8. The minimum Gasteiger partial charge on any atom is -0.307 e. The summed E-state index contributed by atoms with van der Waals surface area (Å²) < 4.78 is 0. The van der Waals surface area contributed by atoms with E-state index in [9.17, 15) is 4.79 Å². The number of hydrogen-bond acceptors (Lipinski definition) is 6. The molecular formula is C19H19N7O. The zero-order chi connectivity index (χ0) is 19.0. The maximum atomic E-state index is 12.8. The molecule has 0 unspecified atom stereocenters. The van der Waals surface area contributed by atoms with Crippen molar-refractivity contribution in [3.8, 4) is 17.3 Å². The van der Waals surface area contributed by atoms with Gasteiger partial charge in [0.1, 0.15) is 5.82 Å². The van der Waals surface area contributed by atoms with Crippen molar-refractivity contribution >= 4 is 22.5 Å². The molecule has 2 atom stereocenters. The molecule has 1 aliphatic rings. The van der Waals surface area contributed by atoms with Gasteiger partial charge in [0.15, 0.2) is 6.19 Å². The maximum Gasteiger partial charge on any atom is 0.247 e. The number of carbonyl (C=O) groups excluding carboxylic acids is 1. The SMILES string of the molecule is C[C@H]1[C@@H](C(=O)N(N)c2cc3cc(-c4cn[nH]c4)ccc3cn2)CCN1C#N. The van der Waals surface area contributed by atoms with Crippen molar-refractivity contribution in [3.63, 3.8) is 0 Å². The zero-order valence-electron chi connectivity index (χ0n) is 14.8. The number of benzene rings is 1. The van der Waals surface area contributed by atoms with E-state index in [1.807, 2.05) is 31.3 Å². The highest BCUT2D eigenvalue weighted by Gasteiger charge is 2.37. The Kier molecular flexibility index (Phi) is 4.22. The van der Waals surface area contributed by atoms with Gasteiger partial charge in [0, 0.05) is 35.9 Å². The smallest absolute Gasteiger partial charge is 0.247 e. The van der Waals surface area contributed by atoms with Crippen LogP contribution < -0.4 is 10.9 Å². The van der Waals surface area contributed by atoms with Gasteiger partial charge in [-0.05, 0) is 36.4 Å². The third-order valence-corrected chi connectivity index (χ3v) is 5.22. The lowest BCUT2D eigenvalue weighted by Crippen LogP contribution is -2.45. The fourth-order valence-corrected chi connectivity index (χ4v) is 3.55. The molecule has 2 aromatic heterocycles. The number of H-pyrrole nitrogens is 1. The highest BCUT2D eigenvalue weighted by molar-refractivity contribution is 5.96. The molecule has 0 saturated carbocycles. The summed E-state index contributed by atoms with van der Waals surface area (Å²) in [6, 6.07) is 7.62. The molecule has 0 aliphatic carbocycles. The maximum absolute atomic E-state index is 12.8. The summed E-state index contributed by atoms with van der Waals surface area (Å²) in [5, 5.41) is 18.9. The van der Waals surface area contributed by atoms with Crippen LogP contribution in [0.25, 0.3) is 21.9 Å². The van der Waals surface area contributed by atoms with Crippen LogP contribution in [0.2, 0.25) is 0 Å². The summed E-state index contributed by atoms with van der Waals surface area (Å²) in [5.41, 5.74) is 1.99. The van der Waals surface area contributed by atoms with Crippen LogP contribution in [0.5, 0.6) is 0 Å². The van der Waals surface area contributed by atoms with E-state index in [1.165, 1.54) is 0 Å². The van der Waals surface area contributed by atoms with E-state index < -0.39 is 0 Å². The summed E-state index contributed by atoms with van der Waals surface area (Å²) in [7, 11) is 0. The van der Waals surface area contributed by atoms with Gasteiger partial charge in [0.05, 0.1) is 12.1 Å². The van der Waals surface area contributed by atoms with Crippen molar-refractivity contribution < 1.29 is 4.79 Å². The summed E-state index contributed by atoms with van der Waals surface area (Å²) in [6.07, 6.45) is 8.01. The van der Waals surface area contributed by atoms with Crippen molar-refractivity contribution in [2.24, 2.45) is 11.8 Å². The average Bonchev–Trinajstić information content (AvgIpc) is 3.35. The molecule has 3 N–H and O–H groups in total. The summed E-state index contributed by atoms with van der Waals surface area (Å²) in [5.74, 6) is 5.95. The third-order valence-electron chi connectivity index (χ3n) is 5.22. The molecule has 1 aliphatic heterocycles. The van der Waals surface area contributed by atoms with Gasteiger partial charge >= 0.3 is 0 Å². The number of aromatic nitrogens is 3. The van der Waals surface area contributed by atoms with E-state index in [0.717, 1.165) is 26.9 Å². The number of nitrogens with zero attached hydrogens (tertiary/aromatic N) is 5. The summed E-state index contributed by atoms with van der Waals surface area (Å²) in [4.78, 5) is 18.8. The number of hydrogen-bond donors (Lipinski definition) is 2. The molecule has 8 nitrogen and oxygen atoms in total. The van der Waals surface area contributed by atoms with Crippen LogP contribution in [0.4, 0.5) is 5.82 Å². The van der Waals surface area contributed by atoms with Crippen molar-refractivity contribution in [1.29, 1.82) is 5.26 Å². The number of likely N-dealkylation sites (tertiary alicyclic amines) is 1. The highest BCUT2D eigenvalue weighted by atomic mass is 16.2. The summed E-state index contributed by atoms with van der Waals surface area (Å²) >= 11 is 0. The number of nitriles is 1. The minimum absolute atomic E-state index is 0.165. The lowest BCUT2D eigenvalue weighted by molar-refractivity contribution is -0.122. The minimum atomic E-state index is -0.315. The number of anilines is 1. The fraction of sp³-hybridized carbons (Fsp3) is 0.263. The van der Waals surface area contributed by atoms with Gasteiger partial charge in [0.25, 0.3) is 0 Å². The first-order chi connectivity index (χ1) is 13.1. The van der Waals surface area contributed by atoms with Gasteiger partial charge in [-0.1, -0.05) is 12.1 Å². The second kappa shape index (κ2) is 6.70. The van der Waals surface area contributed by atoms with E-state index in [-0.39, 0.29) is 17.9 Å². The monoisotopic (exact) mass is 361 g/mol. The number of fused-ring (bicyclic) bond motifs is 1. The van der Waals surface area contributed by atoms with Gasteiger partial charge in [-0.25, -0.2) is 15.8 Å². The number of hydrazine groups is 1. The van der Waals surface area contributed by atoms with E-state index in [1.54, 1.807) is 23.4 Å². The number of aromatic amines is 1. The van der Waals surface area contributed by atoms with Crippen molar-refractivity contribution in [2.75, 3.05) is 11.6 Å². The molecule has 0 bridgehead atoms. The van der Waals surface area contributed by atoms with Crippen LogP contribution >= 0.6 is 0 Å². The Hall–Kier alpha value is -3.44. The van der Waals surface area contributed by atoms with Gasteiger partial charge in [-0.15, -0.1) is 0 Å². The van der Waals surface area contributed by atoms with Gasteiger partial charge < -0.3 is 4.90 Å². The molecule has 27 heavy (non-hydrogen) atoms. The van der Waals surface area contributed by atoms with Crippen LogP contribution in [0, 0.1) is 17.4 Å². The number of carbonyl (C=O) groups is 1. The van der Waals surface area contributed by atoms with Crippen LogP contribution in [-0.4, -0.2) is 38.6 Å². The predicted molar refractivity (Wildman–Crippen MR) is 101 cm³/mol. The Morgan fingerprint density at radius 3 is 2.89 bits per heavy atom. The largest absolute Gasteiger partial charge is 0.307 e. The summed E-state index contributed by atoms with van der Waals surface area (Å²) in [6.45, 7) is 2.44. The normalized spacial score (nSPS) is 19.2. The van der Waals surface area contributed by atoms with Gasteiger partial charge in [0.2, 0.25) is 5.91 Å². The van der Waals surface area contributed by atoms with E-state index >= 15 is 0 Å². The molecule has 0 radical (unpaired) electrons. The van der Waals surface area contributed by atoms with Crippen LogP contribution in [-0.2, 0) is 4.79 Å². The van der Waals surface area contributed by atoms with Gasteiger partial charge in [-0.2, -0.15) is 10.4 Å². The quantitative estimate of drug-likeness (QED) is 0.319. The van der Waals surface area contributed by atoms with E-state index in [4.69, 9.17) is 11.1 Å². The number of nitrogens with two attached hydrogens (primary N) is 1. The number of amides is 1. The Morgan fingerprint density at radius 1 is 1.33 bits per heavy atom. The molecule has 136 valence electrons. The Labute approximate surface area is 156 Å². The van der Waals surface area contributed by atoms with Crippen molar-refractivity contribution in [3.05, 3.63) is 42.9 Å². The molecule has 3 heterocycles. The topological polar surface area (TPSA) is 115 Å². The second-order valence-electron chi connectivity index (χ2n) is 6.73. The molecule has 4 rings (SSSR count). The average molecular weight is 361 g/mol. The van der Waals surface area contributed by atoms with Crippen LogP contribution in [0.15, 0.2) is 42.9 Å². The number of pyridine rings is 1. The molecular weight excluding hydrogens is 342 g/mol. The second-order valence-corrected chi connectivity index (χ2v) is 6.73. The lowest BCUT2D eigenvalue weighted by atomic mass is 10.0. The van der Waals surface area contributed by atoms with Crippen molar-refractivity contribution in [1.82, 2.24) is 20.1 Å². The first kappa shape index (κ1) is 17.0. The first-order valence-electron chi connectivity index (χ1n) is 8.72. The molecule has 1 saturated heterocycles. The Morgan fingerprint density at radius 2 is 2.19 bits per heavy atom. The third kappa shape index (κ3) is 2.98. The van der Waals surface area contributed by atoms with Gasteiger partial charge in [-0.3, -0.25) is 9.89 Å². The van der Waals surface area contributed by atoms with Crippen LogP contribution in [0.1, 0.15) is 13.3 Å². The van der Waals surface area contributed by atoms with E-state index in [2.05, 4.69) is 21.4 Å². The molecule has 1 amide bonds. The fourth-order valence-electron chi connectivity index (χ4n) is 3.55. The van der Waals surface area contributed by atoms with Crippen molar-refractivity contribution in [2.45, 2.75) is 19.4 Å². The highest BCUT2D eigenvalue weighted by Crippen LogP contribution is 2.28. The van der Waals surface area contributed by atoms with E-state index in [0.29, 0.717) is 18.8 Å². The number of rotatable bonds is 3. The Balaban J connectivity index is 1.63. The Bertz CT molecular complexity index is 1020. The molecule has 1 fully saturated rings. The molecule has 0 spiro atoms. The lowest BCUT2D eigenvalue weighted by Gasteiger charge is -2.23. The predicted octanol–water partition coefficient (Wildman–Crippen LogP) is 2.02. The standard InChI is InChI=1S/C19H19N7O/c1-12-17(4-5-25(12)11-20)19(27)26(21)18-7-15-6-13(16-9-23-24-10-16)2-3-14(15)8-22-18/h2-3,6-10,12,17H,4-5,21H2,1H3,(H,23,24)/t12-,17-/m0/s1.